The van der Waals surface area contributed by atoms with Crippen LogP contribution < -0.4 is 5.32 Å². The highest BCUT2D eigenvalue weighted by atomic mass is 32.2. The van der Waals surface area contributed by atoms with Gasteiger partial charge in [-0.3, -0.25) is 0 Å². The molecule has 0 unspecified atom stereocenters. The Hall–Kier alpha value is -1.03. The van der Waals surface area contributed by atoms with E-state index in [2.05, 4.69) is 5.32 Å². The minimum absolute atomic E-state index is 0.235. The fraction of sp³-hybridized carbons (Fsp3) is 0.571. The summed E-state index contributed by atoms with van der Waals surface area (Å²) in [4.78, 5) is 0. The largest absolute Gasteiger partial charge is 0.384 e. The summed E-state index contributed by atoms with van der Waals surface area (Å²) in [6.45, 7) is 0.499. The molecule has 0 spiro atoms. The Bertz CT molecular complexity index is 450. The lowest BCUT2D eigenvalue weighted by Crippen LogP contribution is -2.22. The van der Waals surface area contributed by atoms with E-state index in [0.717, 1.165) is 18.5 Å². The van der Waals surface area contributed by atoms with Gasteiger partial charge in [0.25, 0.3) is 0 Å². The van der Waals surface area contributed by atoms with Crippen LogP contribution in [0.15, 0.2) is 30.3 Å². The van der Waals surface area contributed by atoms with E-state index in [0.29, 0.717) is 18.2 Å². The van der Waals surface area contributed by atoms with Crippen LogP contribution in [0.3, 0.4) is 0 Å². The molecule has 0 amide bonds. The Morgan fingerprint density at radius 2 is 1.78 bits per heavy atom. The van der Waals surface area contributed by atoms with Crippen LogP contribution >= 0.6 is 0 Å². The molecule has 0 heterocycles. The Morgan fingerprint density at radius 3 is 2.44 bits per heavy atom. The summed E-state index contributed by atoms with van der Waals surface area (Å²) in [7, 11) is -2.90. The van der Waals surface area contributed by atoms with Crippen molar-refractivity contribution in [3.63, 3.8) is 0 Å². The zero-order valence-corrected chi connectivity index (χ0v) is 11.5. The summed E-state index contributed by atoms with van der Waals surface area (Å²) in [6, 6.07) is 9.72. The molecule has 0 radical (unpaired) electrons. The van der Waals surface area contributed by atoms with Crippen LogP contribution in [-0.4, -0.2) is 26.5 Å². The van der Waals surface area contributed by atoms with Gasteiger partial charge in [0, 0.05) is 12.2 Å². The fourth-order valence-corrected chi connectivity index (χ4v) is 4.16. The number of benzene rings is 1. The minimum atomic E-state index is -2.90. The Morgan fingerprint density at radius 1 is 1.11 bits per heavy atom. The topological polar surface area (TPSA) is 46.2 Å². The van der Waals surface area contributed by atoms with Gasteiger partial charge in [0.15, 0.2) is 9.84 Å². The number of sulfone groups is 1. The first-order chi connectivity index (χ1) is 8.66. The minimum Gasteiger partial charge on any atom is -0.384 e. The van der Waals surface area contributed by atoms with Crippen molar-refractivity contribution < 1.29 is 8.42 Å². The highest BCUT2D eigenvalue weighted by Gasteiger charge is 2.22. The van der Waals surface area contributed by atoms with Crippen molar-refractivity contribution in [1.29, 1.82) is 0 Å². The maximum Gasteiger partial charge on any atom is 0.152 e. The van der Waals surface area contributed by atoms with E-state index in [1.54, 1.807) is 0 Å². The van der Waals surface area contributed by atoms with Crippen LogP contribution in [-0.2, 0) is 9.84 Å². The molecular weight excluding hydrogens is 246 g/mol. The first kappa shape index (κ1) is 13.4. The highest BCUT2D eigenvalue weighted by Crippen LogP contribution is 2.26. The summed E-state index contributed by atoms with van der Waals surface area (Å²) in [5.41, 5.74) is 0.980. The van der Waals surface area contributed by atoms with Crippen molar-refractivity contribution in [2.45, 2.75) is 25.7 Å². The van der Waals surface area contributed by atoms with E-state index in [1.807, 2.05) is 30.3 Å². The SMILES string of the molecule is O=S(=O)(CCNc1ccccc1)CC1CCCC1. The molecule has 18 heavy (non-hydrogen) atoms. The van der Waals surface area contributed by atoms with Crippen LogP contribution in [0.2, 0.25) is 0 Å². The van der Waals surface area contributed by atoms with Crippen LogP contribution in [0.1, 0.15) is 25.7 Å². The van der Waals surface area contributed by atoms with Gasteiger partial charge in [-0.15, -0.1) is 0 Å². The Balaban J connectivity index is 1.75. The number of hydrogen-bond donors (Lipinski definition) is 1. The molecule has 0 aromatic heterocycles. The quantitative estimate of drug-likeness (QED) is 0.862. The molecule has 1 N–H and O–H groups in total. The van der Waals surface area contributed by atoms with Crippen molar-refractivity contribution in [2.24, 2.45) is 5.92 Å². The van der Waals surface area contributed by atoms with Crippen LogP contribution in [0.5, 0.6) is 0 Å². The molecule has 3 nitrogen and oxygen atoms in total. The first-order valence-electron chi connectivity index (χ1n) is 6.65. The second-order valence-corrected chi connectivity index (χ2v) is 7.29. The number of para-hydroxylation sites is 1. The van der Waals surface area contributed by atoms with Crippen LogP contribution in [0.4, 0.5) is 5.69 Å². The molecule has 1 aromatic carbocycles. The van der Waals surface area contributed by atoms with E-state index in [9.17, 15) is 8.42 Å². The lowest BCUT2D eigenvalue weighted by atomic mass is 10.1. The smallest absolute Gasteiger partial charge is 0.152 e. The van der Waals surface area contributed by atoms with Gasteiger partial charge in [-0.05, 0) is 30.9 Å². The molecule has 4 heteroatoms. The van der Waals surface area contributed by atoms with E-state index in [1.165, 1.54) is 12.8 Å². The van der Waals surface area contributed by atoms with Crippen LogP contribution in [0, 0.1) is 5.92 Å². The molecule has 0 bridgehead atoms. The molecule has 0 atom stereocenters. The van der Waals surface area contributed by atoms with Crippen molar-refractivity contribution in [3.05, 3.63) is 30.3 Å². The average molecular weight is 267 g/mol. The Kier molecular flexibility index (Phi) is 4.64. The highest BCUT2D eigenvalue weighted by molar-refractivity contribution is 7.91. The maximum absolute atomic E-state index is 11.9. The number of nitrogens with one attached hydrogen (secondary N) is 1. The second kappa shape index (κ2) is 6.23. The van der Waals surface area contributed by atoms with Gasteiger partial charge < -0.3 is 5.32 Å². The third-order valence-corrected chi connectivity index (χ3v) is 5.29. The van der Waals surface area contributed by atoms with Crippen molar-refractivity contribution in [2.75, 3.05) is 23.4 Å². The van der Waals surface area contributed by atoms with Crippen LogP contribution in [0.25, 0.3) is 0 Å². The van der Waals surface area contributed by atoms with Gasteiger partial charge in [0.05, 0.1) is 11.5 Å². The molecule has 0 saturated heterocycles. The van der Waals surface area contributed by atoms with Gasteiger partial charge in [-0.25, -0.2) is 8.42 Å². The Labute approximate surface area is 110 Å². The van der Waals surface area contributed by atoms with Gasteiger partial charge >= 0.3 is 0 Å². The predicted molar refractivity (Wildman–Crippen MR) is 75.5 cm³/mol. The number of rotatable bonds is 6. The lowest BCUT2D eigenvalue weighted by Gasteiger charge is -2.11. The first-order valence-corrected chi connectivity index (χ1v) is 8.47. The van der Waals surface area contributed by atoms with Crippen molar-refractivity contribution in [3.8, 4) is 0 Å². The summed E-state index contributed by atoms with van der Waals surface area (Å²) in [5, 5.41) is 3.15. The summed E-state index contributed by atoms with van der Waals surface area (Å²) in [6.07, 6.45) is 4.57. The van der Waals surface area contributed by atoms with E-state index in [-0.39, 0.29) is 5.75 Å². The lowest BCUT2D eigenvalue weighted by molar-refractivity contribution is 0.559. The van der Waals surface area contributed by atoms with E-state index < -0.39 is 9.84 Å². The van der Waals surface area contributed by atoms with Crippen molar-refractivity contribution >= 4 is 15.5 Å². The van der Waals surface area contributed by atoms with Gasteiger partial charge in [0.2, 0.25) is 0 Å². The predicted octanol–water partition coefficient (Wildman–Crippen LogP) is 2.70. The second-order valence-electron chi connectivity index (χ2n) is 5.06. The number of hydrogen-bond acceptors (Lipinski definition) is 3. The third-order valence-electron chi connectivity index (χ3n) is 3.48. The average Bonchev–Trinajstić information content (AvgIpc) is 2.82. The molecule has 1 aliphatic rings. The van der Waals surface area contributed by atoms with Crippen molar-refractivity contribution in [1.82, 2.24) is 0 Å². The molecule has 1 aromatic rings. The normalized spacial score (nSPS) is 16.9. The summed E-state index contributed by atoms with van der Waals surface area (Å²) < 4.78 is 23.9. The fourth-order valence-electron chi connectivity index (χ4n) is 2.53. The van der Waals surface area contributed by atoms with Gasteiger partial charge in [-0.2, -0.15) is 0 Å². The zero-order chi connectivity index (χ0) is 12.8. The summed E-state index contributed by atoms with van der Waals surface area (Å²) in [5.74, 6) is 1.02. The summed E-state index contributed by atoms with van der Waals surface area (Å²) >= 11 is 0. The van der Waals surface area contributed by atoms with Gasteiger partial charge in [0.1, 0.15) is 0 Å². The molecule has 1 aliphatic carbocycles. The molecule has 100 valence electrons. The van der Waals surface area contributed by atoms with E-state index >= 15 is 0 Å². The molecular formula is C14H21NO2S. The molecule has 1 fully saturated rings. The monoisotopic (exact) mass is 267 g/mol. The van der Waals surface area contributed by atoms with E-state index in [4.69, 9.17) is 0 Å². The van der Waals surface area contributed by atoms with Gasteiger partial charge in [-0.1, -0.05) is 31.0 Å². The molecule has 0 aliphatic heterocycles. The maximum atomic E-state index is 11.9. The third kappa shape index (κ3) is 4.33. The standard InChI is InChI=1S/C14H21NO2S/c16-18(17,12-13-6-4-5-7-13)11-10-15-14-8-2-1-3-9-14/h1-3,8-9,13,15H,4-7,10-12H2. The number of anilines is 1. The zero-order valence-electron chi connectivity index (χ0n) is 10.6. The molecule has 1 saturated carbocycles. The molecule has 2 rings (SSSR count).